The van der Waals surface area contributed by atoms with E-state index in [4.69, 9.17) is 14.5 Å². The summed E-state index contributed by atoms with van der Waals surface area (Å²) in [7, 11) is 3.69. The molecule has 3 aromatic rings. The topological polar surface area (TPSA) is 111 Å². The molecule has 0 aliphatic carbocycles. The number of thioether (sulfide) groups is 1. The molecule has 184 valence electrons. The maximum Gasteiger partial charge on any atom is 0.148 e. The van der Waals surface area contributed by atoms with E-state index in [-0.39, 0.29) is 0 Å². The van der Waals surface area contributed by atoms with Gasteiger partial charge in [-0.1, -0.05) is 17.8 Å². The predicted octanol–water partition coefficient (Wildman–Crippen LogP) is 3.35. The van der Waals surface area contributed by atoms with E-state index in [1.807, 2.05) is 18.2 Å². The Labute approximate surface area is 215 Å². The van der Waals surface area contributed by atoms with Gasteiger partial charge in [0.2, 0.25) is 0 Å². The third-order valence-corrected chi connectivity index (χ3v) is 6.81. The van der Waals surface area contributed by atoms with Gasteiger partial charge in [-0.2, -0.15) is 10.5 Å². The number of piperazine rings is 1. The van der Waals surface area contributed by atoms with E-state index in [0.717, 1.165) is 31.9 Å². The second-order valence-corrected chi connectivity index (χ2v) is 9.17. The van der Waals surface area contributed by atoms with E-state index in [1.54, 1.807) is 31.6 Å². The molecule has 0 atom stereocenters. The molecule has 36 heavy (non-hydrogen) atoms. The second kappa shape index (κ2) is 12.3. The molecular formula is C26H27N7O2S. The van der Waals surface area contributed by atoms with Crippen molar-refractivity contribution in [1.82, 2.24) is 19.9 Å². The third kappa shape index (κ3) is 5.92. The normalized spacial score (nSPS) is 13.7. The first kappa shape index (κ1) is 25.4. The van der Waals surface area contributed by atoms with Crippen LogP contribution in [0.1, 0.15) is 16.8 Å². The summed E-state index contributed by atoms with van der Waals surface area (Å²) in [5, 5.41) is 21.0. The van der Waals surface area contributed by atoms with Gasteiger partial charge in [0.05, 0.1) is 29.8 Å². The Morgan fingerprint density at radius 2 is 1.81 bits per heavy atom. The van der Waals surface area contributed by atoms with E-state index in [2.05, 4.69) is 39.0 Å². The summed E-state index contributed by atoms with van der Waals surface area (Å²) < 4.78 is 10.7. The van der Waals surface area contributed by atoms with Crippen LogP contribution in [0, 0.1) is 22.7 Å². The Balaban J connectivity index is 1.77. The van der Waals surface area contributed by atoms with Gasteiger partial charge < -0.3 is 19.3 Å². The van der Waals surface area contributed by atoms with Crippen LogP contribution < -0.4 is 9.64 Å². The minimum atomic E-state index is 0.339. The van der Waals surface area contributed by atoms with E-state index in [9.17, 15) is 10.5 Å². The lowest BCUT2D eigenvalue weighted by molar-refractivity contribution is 0.146. The lowest BCUT2D eigenvalue weighted by Crippen LogP contribution is -2.45. The van der Waals surface area contributed by atoms with Crippen LogP contribution in [0.15, 0.2) is 47.8 Å². The number of nitriles is 2. The fourth-order valence-corrected chi connectivity index (χ4v) is 4.75. The number of nitrogens with zero attached hydrogens (tertiary/aromatic N) is 7. The SMILES string of the molecule is COCCOc1ccc(-c2c(C#N)c(SCc3ccccn3)nc(N3CCN(C)CC3)c2C#N)nc1. The number of hydrogen-bond acceptors (Lipinski definition) is 10. The van der Waals surface area contributed by atoms with Gasteiger partial charge >= 0.3 is 0 Å². The lowest BCUT2D eigenvalue weighted by Gasteiger charge is -2.34. The fourth-order valence-electron chi connectivity index (χ4n) is 3.85. The van der Waals surface area contributed by atoms with Crippen LogP contribution >= 0.6 is 11.8 Å². The molecule has 0 unspecified atom stereocenters. The van der Waals surface area contributed by atoms with Crippen LogP contribution in [0.3, 0.4) is 0 Å². The van der Waals surface area contributed by atoms with Gasteiger partial charge in [0.25, 0.3) is 0 Å². The van der Waals surface area contributed by atoms with Crippen LogP contribution in [0.25, 0.3) is 11.3 Å². The summed E-state index contributed by atoms with van der Waals surface area (Å²) in [6, 6.07) is 13.9. The van der Waals surface area contributed by atoms with Gasteiger partial charge in [0, 0.05) is 50.8 Å². The molecular weight excluding hydrogens is 474 g/mol. The Kier molecular flexibility index (Phi) is 8.69. The summed E-state index contributed by atoms with van der Waals surface area (Å²) in [4.78, 5) is 18.2. The lowest BCUT2D eigenvalue weighted by atomic mass is 10.00. The van der Waals surface area contributed by atoms with Gasteiger partial charge in [-0.15, -0.1) is 0 Å². The van der Waals surface area contributed by atoms with Gasteiger partial charge in [0.1, 0.15) is 40.9 Å². The summed E-state index contributed by atoms with van der Waals surface area (Å²) >= 11 is 1.44. The monoisotopic (exact) mass is 501 g/mol. The van der Waals surface area contributed by atoms with Crippen molar-refractivity contribution < 1.29 is 9.47 Å². The number of likely N-dealkylation sites (N-methyl/N-ethyl adjacent to an activating group) is 1. The first-order valence-electron chi connectivity index (χ1n) is 11.6. The number of rotatable bonds is 9. The first-order valence-corrected chi connectivity index (χ1v) is 12.6. The number of aromatic nitrogens is 3. The summed E-state index contributed by atoms with van der Waals surface area (Å²) in [5.74, 6) is 1.73. The highest BCUT2D eigenvalue weighted by molar-refractivity contribution is 7.98. The maximum atomic E-state index is 10.2. The van der Waals surface area contributed by atoms with Gasteiger partial charge in [0.15, 0.2) is 0 Å². The molecule has 0 radical (unpaired) electrons. The zero-order valence-electron chi connectivity index (χ0n) is 20.3. The van der Waals surface area contributed by atoms with E-state index >= 15 is 0 Å². The molecule has 0 spiro atoms. The van der Waals surface area contributed by atoms with Gasteiger partial charge in [-0.05, 0) is 31.3 Å². The zero-order valence-corrected chi connectivity index (χ0v) is 21.2. The van der Waals surface area contributed by atoms with Crippen molar-refractivity contribution in [2.75, 3.05) is 58.5 Å². The van der Waals surface area contributed by atoms with Crippen molar-refractivity contribution in [3.8, 4) is 29.1 Å². The average molecular weight is 502 g/mol. The molecule has 0 amide bonds. The minimum Gasteiger partial charge on any atom is -0.490 e. The van der Waals surface area contributed by atoms with Gasteiger partial charge in [-0.3, -0.25) is 9.97 Å². The van der Waals surface area contributed by atoms with Crippen molar-refractivity contribution in [3.05, 3.63) is 59.5 Å². The van der Waals surface area contributed by atoms with Crippen molar-refractivity contribution in [3.63, 3.8) is 0 Å². The highest BCUT2D eigenvalue weighted by Crippen LogP contribution is 2.38. The molecule has 0 bridgehead atoms. The van der Waals surface area contributed by atoms with Crippen molar-refractivity contribution in [2.45, 2.75) is 10.8 Å². The maximum absolute atomic E-state index is 10.2. The van der Waals surface area contributed by atoms with Crippen LogP contribution in [-0.2, 0) is 10.5 Å². The summed E-state index contributed by atoms with van der Waals surface area (Å²) in [5.41, 5.74) is 2.61. The van der Waals surface area contributed by atoms with Gasteiger partial charge in [-0.25, -0.2) is 4.98 Å². The first-order chi connectivity index (χ1) is 17.6. The van der Waals surface area contributed by atoms with Crippen molar-refractivity contribution >= 4 is 17.6 Å². The molecule has 4 rings (SSSR count). The number of pyridine rings is 3. The summed E-state index contributed by atoms with van der Waals surface area (Å²) in [6.45, 7) is 4.09. The Morgan fingerprint density at radius 3 is 2.44 bits per heavy atom. The van der Waals surface area contributed by atoms with Crippen molar-refractivity contribution in [2.24, 2.45) is 0 Å². The highest BCUT2D eigenvalue weighted by atomic mass is 32.2. The molecule has 9 nitrogen and oxygen atoms in total. The summed E-state index contributed by atoms with van der Waals surface area (Å²) in [6.07, 6.45) is 3.35. The quantitative estimate of drug-likeness (QED) is 0.320. The van der Waals surface area contributed by atoms with E-state index < -0.39 is 0 Å². The van der Waals surface area contributed by atoms with Crippen LogP contribution in [0.5, 0.6) is 5.75 Å². The fraction of sp³-hybridized carbons (Fsp3) is 0.346. The molecule has 1 aliphatic rings. The number of ether oxygens (including phenoxy) is 2. The third-order valence-electron chi connectivity index (χ3n) is 5.80. The molecule has 0 aromatic carbocycles. The molecule has 10 heteroatoms. The minimum absolute atomic E-state index is 0.339. The molecule has 1 aliphatic heterocycles. The number of anilines is 1. The molecule has 0 N–H and O–H groups in total. The Hall–Kier alpha value is -3.70. The molecule has 1 fully saturated rings. The molecule has 4 heterocycles. The second-order valence-electron chi connectivity index (χ2n) is 8.21. The zero-order chi connectivity index (χ0) is 25.3. The average Bonchev–Trinajstić information content (AvgIpc) is 2.92. The molecule has 1 saturated heterocycles. The smallest absolute Gasteiger partial charge is 0.148 e. The highest BCUT2D eigenvalue weighted by Gasteiger charge is 2.27. The van der Waals surface area contributed by atoms with Crippen LogP contribution in [-0.4, -0.2) is 73.4 Å². The van der Waals surface area contributed by atoms with E-state index in [1.165, 1.54) is 11.8 Å². The molecule has 3 aromatic heterocycles. The standard InChI is InChI=1S/C26H27N7O2S/c1-32-9-11-33(12-10-32)25-21(15-27)24(23-7-6-20(17-30-23)35-14-13-34-2)22(16-28)26(31-25)36-18-19-5-3-4-8-29-19/h3-8,17H,9-14,18H2,1-2H3. The Bertz CT molecular complexity index is 1250. The van der Waals surface area contributed by atoms with Crippen LogP contribution in [0.2, 0.25) is 0 Å². The predicted molar refractivity (Wildman–Crippen MR) is 138 cm³/mol. The van der Waals surface area contributed by atoms with Crippen molar-refractivity contribution in [1.29, 1.82) is 10.5 Å². The Morgan fingerprint density at radius 1 is 1.00 bits per heavy atom. The number of methoxy groups -OCH3 is 1. The van der Waals surface area contributed by atoms with Crippen LogP contribution in [0.4, 0.5) is 5.82 Å². The number of hydrogen-bond donors (Lipinski definition) is 0. The largest absolute Gasteiger partial charge is 0.490 e. The van der Waals surface area contributed by atoms with E-state index in [0.29, 0.717) is 57.9 Å². The molecule has 0 saturated carbocycles.